The zero-order valence-corrected chi connectivity index (χ0v) is 8.77. The number of hydrogen-bond acceptors (Lipinski definition) is 5. The molecule has 0 aromatic carbocycles. The topological polar surface area (TPSA) is 78.4 Å². The number of carboxylic acids is 1. The van der Waals surface area contributed by atoms with Crippen LogP contribution in [-0.2, 0) is 0 Å². The van der Waals surface area contributed by atoms with Gasteiger partial charge < -0.3 is 15.3 Å². The number of likely N-dealkylation sites (N-methyl/N-ethyl adjacent to an activating group) is 1. The molecule has 0 saturated heterocycles. The van der Waals surface area contributed by atoms with Gasteiger partial charge in [-0.25, -0.2) is 14.8 Å². The summed E-state index contributed by atoms with van der Waals surface area (Å²) in [6.07, 6.45) is 2.65. The van der Waals surface area contributed by atoms with Crippen molar-refractivity contribution in [2.24, 2.45) is 0 Å². The van der Waals surface area contributed by atoms with Crippen LogP contribution >= 0.6 is 0 Å². The number of aromatic carboxylic acids is 1. The molecule has 1 aromatic rings. The zero-order chi connectivity index (χ0) is 11.3. The predicted octanol–water partition coefficient (Wildman–Crippen LogP) is 0.148. The van der Waals surface area contributed by atoms with Gasteiger partial charge in [-0.05, 0) is 14.1 Å². The Balaban J connectivity index is 2.46. The van der Waals surface area contributed by atoms with E-state index in [2.05, 4.69) is 15.3 Å². The number of carboxylic acid groups (broad SMARTS) is 1. The molecule has 0 saturated carbocycles. The first-order chi connectivity index (χ1) is 7.09. The molecule has 0 aliphatic heterocycles. The normalized spacial score (nSPS) is 10.3. The molecule has 0 aliphatic rings. The van der Waals surface area contributed by atoms with Gasteiger partial charge in [0.15, 0.2) is 5.69 Å². The van der Waals surface area contributed by atoms with E-state index in [1.54, 1.807) is 0 Å². The number of nitrogens with one attached hydrogen (secondary N) is 1. The van der Waals surface area contributed by atoms with E-state index < -0.39 is 5.97 Å². The van der Waals surface area contributed by atoms with Crippen molar-refractivity contribution in [3.8, 4) is 0 Å². The van der Waals surface area contributed by atoms with Gasteiger partial charge in [-0.2, -0.15) is 0 Å². The first-order valence-electron chi connectivity index (χ1n) is 4.53. The summed E-state index contributed by atoms with van der Waals surface area (Å²) in [6, 6.07) is 0. The molecule has 2 N–H and O–H groups in total. The highest BCUT2D eigenvalue weighted by atomic mass is 16.4. The number of anilines is 1. The molecule has 0 amide bonds. The lowest BCUT2D eigenvalue weighted by Gasteiger charge is -2.10. The van der Waals surface area contributed by atoms with Crippen molar-refractivity contribution in [2.45, 2.75) is 0 Å². The van der Waals surface area contributed by atoms with E-state index in [0.717, 1.165) is 13.1 Å². The Hall–Kier alpha value is -1.69. The van der Waals surface area contributed by atoms with Crippen molar-refractivity contribution in [2.75, 3.05) is 32.5 Å². The first kappa shape index (κ1) is 11.4. The second-order valence-corrected chi connectivity index (χ2v) is 3.32. The maximum absolute atomic E-state index is 10.5. The van der Waals surface area contributed by atoms with E-state index in [4.69, 9.17) is 5.11 Å². The van der Waals surface area contributed by atoms with Crippen LogP contribution in [0.15, 0.2) is 12.4 Å². The Morgan fingerprint density at radius 2 is 2.20 bits per heavy atom. The molecule has 0 aliphatic carbocycles. The Labute approximate surface area is 88.0 Å². The third kappa shape index (κ3) is 3.90. The monoisotopic (exact) mass is 210 g/mol. The predicted molar refractivity (Wildman–Crippen MR) is 56.0 cm³/mol. The van der Waals surface area contributed by atoms with Crippen LogP contribution in [0.5, 0.6) is 0 Å². The third-order valence-corrected chi connectivity index (χ3v) is 1.74. The number of nitrogens with zero attached hydrogens (tertiary/aromatic N) is 3. The second kappa shape index (κ2) is 5.26. The SMILES string of the molecule is CN(C)CCNc1cnc(C(=O)O)cn1. The molecular weight excluding hydrogens is 196 g/mol. The molecular formula is C9H14N4O2. The van der Waals surface area contributed by atoms with Gasteiger partial charge in [0.25, 0.3) is 0 Å². The van der Waals surface area contributed by atoms with Crippen molar-refractivity contribution < 1.29 is 9.90 Å². The van der Waals surface area contributed by atoms with Gasteiger partial charge >= 0.3 is 5.97 Å². The van der Waals surface area contributed by atoms with Crippen LogP contribution in [0, 0.1) is 0 Å². The average Bonchev–Trinajstić information content (AvgIpc) is 2.18. The fraction of sp³-hybridized carbons (Fsp3) is 0.444. The maximum Gasteiger partial charge on any atom is 0.356 e. The Morgan fingerprint density at radius 1 is 1.47 bits per heavy atom. The summed E-state index contributed by atoms with van der Waals surface area (Å²) < 4.78 is 0. The van der Waals surface area contributed by atoms with Crippen molar-refractivity contribution in [3.05, 3.63) is 18.1 Å². The van der Waals surface area contributed by atoms with Crippen molar-refractivity contribution in [1.82, 2.24) is 14.9 Å². The summed E-state index contributed by atoms with van der Waals surface area (Å²) in [5.41, 5.74) is -0.0480. The molecule has 0 fully saturated rings. The molecule has 1 aromatic heterocycles. The highest BCUT2D eigenvalue weighted by Crippen LogP contribution is 2.00. The van der Waals surface area contributed by atoms with E-state index in [9.17, 15) is 4.79 Å². The van der Waals surface area contributed by atoms with E-state index >= 15 is 0 Å². The molecule has 0 bridgehead atoms. The van der Waals surface area contributed by atoms with Crippen molar-refractivity contribution in [1.29, 1.82) is 0 Å². The van der Waals surface area contributed by atoms with Crippen LogP contribution in [0.2, 0.25) is 0 Å². The molecule has 0 atom stereocenters. The lowest BCUT2D eigenvalue weighted by molar-refractivity contribution is 0.0690. The molecule has 15 heavy (non-hydrogen) atoms. The van der Waals surface area contributed by atoms with Crippen LogP contribution in [0.1, 0.15) is 10.5 Å². The second-order valence-electron chi connectivity index (χ2n) is 3.32. The Morgan fingerprint density at radius 3 is 2.67 bits per heavy atom. The number of carbonyl (C=O) groups is 1. The fourth-order valence-electron chi connectivity index (χ4n) is 0.937. The molecule has 0 radical (unpaired) electrons. The lowest BCUT2D eigenvalue weighted by Crippen LogP contribution is -2.21. The number of rotatable bonds is 5. The summed E-state index contributed by atoms with van der Waals surface area (Å²) >= 11 is 0. The highest BCUT2D eigenvalue weighted by Gasteiger charge is 2.04. The summed E-state index contributed by atoms with van der Waals surface area (Å²) in [7, 11) is 3.95. The number of aromatic nitrogens is 2. The quantitative estimate of drug-likeness (QED) is 0.720. The largest absolute Gasteiger partial charge is 0.476 e. The lowest BCUT2D eigenvalue weighted by atomic mass is 10.4. The van der Waals surface area contributed by atoms with E-state index in [-0.39, 0.29) is 5.69 Å². The van der Waals surface area contributed by atoms with Gasteiger partial charge in [0.1, 0.15) is 5.82 Å². The van der Waals surface area contributed by atoms with E-state index in [0.29, 0.717) is 5.82 Å². The minimum Gasteiger partial charge on any atom is -0.476 e. The minimum atomic E-state index is -1.07. The average molecular weight is 210 g/mol. The van der Waals surface area contributed by atoms with Gasteiger partial charge in [-0.15, -0.1) is 0 Å². The number of hydrogen-bond donors (Lipinski definition) is 2. The molecule has 0 spiro atoms. The van der Waals surface area contributed by atoms with E-state index in [1.165, 1.54) is 12.4 Å². The van der Waals surface area contributed by atoms with Crippen LogP contribution in [-0.4, -0.2) is 53.1 Å². The third-order valence-electron chi connectivity index (χ3n) is 1.74. The first-order valence-corrected chi connectivity index (χ1v) is 4.53. The molecule has 1 heterocycles. The minimum absolute atomic E-state index is 0.0480. The van der Waals surface area contributed by atoms with Crippen molar-refractivity contribution >= 4 is 11.8 Å². The summed E-state index contributed by atoms with van der Waals surface area (Å²) in [6.45, 7) is 1.62. The van der Waals surface area contributed by atoms with Crippen molar-refractivity contribution in [3.63, 3.8) is 0 Å². The molecule has 6 nitrogen and oxygen atoms in total. The Bertz CT molecular complexity index is 323. The Kier molecular flexibility index (Phi) is 3.99. The van der Waals surface area contributed by atoms with Crippen LogP contribution in [0.4, 0.5) is 5.82 Å². The smallest absolute Gasteiger partial charge is 0.356 e. The zero-order valence-electron chi connectivity index (χ0n) is 8.77. The van der Waals surface area contributed by atoms with Gasteiger partial charge in [0.05, 0.1) is 12.4 Å². The van der Waals surface area contributed by atoms with Gasteiger partial charge in [-0.3, -0.25) is 0 Å². The molecule has 82 valence electrons. The summed E-state index contributed by atoms with van der Waals surface area (Å²) in [4.78, 5) is 20.2. The standard InChI is InChI=1S/C9H14N4O2/c1-13(2)4-3-10-8-6-11-7(5-12-8)9(14)15/h5-6H,3-4H2,1-2H3,(H,10,12)(H,14,15). The molecule has 1 rings (SSSR count). The van der Waals surface area contributed by atoms with E-state index in [1.807, 2.05) is 19.0 Å². The maximum atomic E-state index is 10.5. The molecule has 0 unspecified atom stereocenters. The summed E-state index contributed by atoms with van der Waals surface area (Å²) in [5.74, 6) is -0.482. The van der Waals surface area contributed by atoms with Gasteiger partial charge in [0, 0.05) is 13.1 Å². The van der Waals surface area contributed by atoms with Crippen LogP contribution in [0.25, 0.3) is 0 Å². The van der Waals surface area contributed by atoms with Crippen LogP contribution in [0.3, 0.4) is 0 Å². The van der Waals surface area contributed by atoms with Gasteiger partial charge in [-0.1, -0.05) is 0 Å². The highest BCUT2D eigenvalue weighted by molar-refractivity contribution is 5.84. The van der Waals surface area contributed by atoms with Crippen LogP contribution < -0.4 is 5.32 Å². The fourth-order valence-corrected chi connectivity index (χ4v) is 0.937. The molecule has 6 heteroatoms. The summed E-state index contributed by atoms with van der Waals surface area (Å²) in [5, 5.41) is 11.6. The van der Waals surface area contributed by atoms with Gasteiger partial charge in [0.2, 0.25) is 0 Å².